The van der Waals surface area contributed by atoms with Crippen LogP contribution in [0.2, 0.25) is 0 Å². The Balaban J connectivity index is 0. The summed E-state index contributed by atoms with van der Waals surface area (Å²) >= 11 is 0. The number of rotatable bonds is 0. The van der Waals surface area contributed by atoms with E-state index < -0.39 is 0 Å². The van der Waals surface area contributed by atoms with Gasteiger partial charge < -0.3 is 0 Å². The van der Waals surface area contributed by atoms with Gasteiger partial charge in [-0.2, -0.15) is 0 Å². The predicted molar refractivity (Wildman–Crippen MR) is 0 cm³/mol. The Bertz CT molecular complexity index is 19.7. The molecule has 0 heterocycles. The van der Waals surface area contributed by atoms with Crippen molar-refractivity contribution in [2.24, 2.45) is 0 Å². The van der Waals surface area contributed by atoms with Crippen LogP contribution in [0.25, 0.3) is 0 Å². The van der Waals surface area contributed by atoms with Gasteiger partial charge in [0.05, 0.1) is 0 Å². The van der Waals surface area contributed by atoms with Gasteiger partial charge in [-0.25, -0.2) is 0 Å². The van der Waals surface area contributed by atoms with Crippen LogP contribution < -0.4 is 0 Å². The summed E-state index contributed by atoms with van der Waals surface area (Å²) in [5.41, 5.74) is 0. The molecule has 49 valence electrons. The largest absolute Gasteiger partial charge is 0 e. The molecule has 1 radical (unpaired) electrons. The van der Waals surface area contributed by atoms with E-state index in [-0.39, 0.29) is 132 Å². The van der Waals surface area contributed by atoms with Crippen LogP contribution in [-0.2, 0) is 132 Å². The van der Waals surface area contributed by atoms with Gasteiger partial charge in [0.15, 0.2) is 0 Å². The SMILES string of the molecule is [Co].[Cr].[Fe].[Mo].[Ni].[Ti].[W]. The minimum Gasteiger partial charge on any atom is 0 e. The van der Waals surface area contributed by atoms with Crippen LogP contribution in [0.4, 0.5) is 0 Å². The molecule has 0 saturated carbocycles. The molecule has 0 aliphatic heterocycles. The third-order valence-electron chi connectivity index (χ3n) is 0. The number of hydrogen-bond donors (Lipinski definition) is 0. The maximum atomic E-state index is 0. The van der Waals surface area contributed by atoms with E-state index in [0.29, 0.717) is 0 Å². The van der Waals surface area contributed by atoms with Gasteiger partial charge in [-0.15, -0.1) is 0 Å². The molecule has 0 fully saturated rings. The molecule has 0 spiro atoms. The van der Waals surface area contributed by atoms with Crippen molar-refractivity contribution in [1.82, 2.24) is 0 Å². The molecule has 0 aliphatic carbocycles. The zero-order chi connectivity index (χ0) is 0. The van der Waals surface area contributed by atoms with Crippen molar-refractivity contribution in [1.29, 1.82) is 0 Å². The molecule has 0 aromatic rings. The smallest absolute Gasteiger partial charge is 0 e. The van der Waals surface area contributed by atoms with E-state index in [1.165, 1.54) is 0 Å². The van der Waals surface area contributed by atoms with Crippen LogP contribution in [0.3, 0.4) is 0 Å². The van der Waals surface area contributed by atoms with E-state index in [1.807, 2.05) is 0 Å². The molecular weight excluding hydrogens is 553 g/mol. The van der Waals surface area contributed by atoms with Crippen LogP contribution in [-0.4, -0.2) is 0 Å². The average molecular weight is 553 g/mol. The zero-order valence-corrected chi connectivity index (χ0v) is 13.6. The maximum Gasteiger partial charge on any atom is 0 e. The molecule has 0 N–H and O–H groups in total. The molecule has 0 bridgehead atoms. The molecule has 0 amide bonds. The molecule has 0 nitrogen and oxygen atoms in total. The first-order valence-corrected chi connectivity index (χ1v) is 0. The summed E-state index contributed by atoms with van der Waals surface area (Å²) in [6.07, 6.45) is 0. The Morgan fingerprint density at radius 1 is 1.00 bits per heavy atom. The quantitative estimate of drug-likeness (QED) is 0.371. The van der Waals surface area contributed by atoms with E-state index >= 15 is 0 Å². The third-order valence-corrected chi connectivity index (χ3v) is 0. The van der Waals surface area contributed by atoms with Crippen molar-refractivity contribution in [3.8, 4) is 0 Å². The molecule has 7 heavy (non-hydrogen) atoms. The van der Waals surface area contributed by atoms with E-state index in [0.717, 1.165) is 0 Å². The minimum atomic E-state index is 0. The Labute approximate surface area is 129 Å². The summed E-state index contributed by atoms with van der Waals surface area (Å²) in [4.78, 5) is 0. The summed E-state index contributed by atoms with van der Waals surface area (Å²) in [5.74, 6) is 0. The average Bonchev–Trinajstić information content (AvgIpc) is 0. The molecule has 0 rings (SSSR count). The monoisotopic (exact) mass is 555 g/mol. The zero-order valence-electron chi connectivity index (χ0n) is 2.73. The van der Waals surface area contributed by atoms with Crippen molar-refractivity contribution in [2.45, 2.75) is 0 Å². The summed E-state index contributed by atoms with van der Waals surface area (Å²) in [7, 11) is 0. The van der Waals surface area contributed by atoms with Crippen molar-refractivity contribution >= 4 is 0 Å². The van der Waals surface area contributed by atoms with Gasteiger partial charge in [0.1, 0.15) is 0 Å². The molecule has 0 atom stereocenters. The van der Waals surface area contributed by atoms with Gasteiger partial charge in [0.25, 0.3) is 0 Å². The second-order valence-electron chi connectivity index (χ2n) is 0. The van der Waals surface area contributed by atoms with Gasteiger partial charge in [0.2, 0.25) is 0 Å². The number of hydrogen-bond acceptors (Lipinski definition) is 0. The van der Waals surface area contributed by atoms with Crippen molar-refractivity contribution in [2.75, 3.05) is 0 Å². The van der Waals surface area contributed by atoms with Crippen LogP contribution in [0.1, 0.15) is 0 Å². The van der Waals surface area contributed by atoms with Crippen LogP contribution >= 0.6 is 0 Å². The van der Waals surface area contributed by atoms with Gasteiger partial charge in [0, 0.05) is 132 Å². The Morgan fingerprint density at radius 2 is 1.00 bits per heavy atom. The first-order valence-electron chi connectivity index (χ1n) is 0. The van der Waals surface area contributed by atoms with E-state index in [2.05, 4.69) is 0 Å². The van der Waals surface area contributed by atoms with E-state index in [4.69, 9.17) is 0 Å². The van der Waals surface area contributed by atoms with Crippen molar-refractivity contribution in [3.05, 3.63) is 0 Å². The molecule has 0 aromatic carbocycles. The van der Waals surface area contributed by atoms with Gasteiger partial charge in [-0.05, 0) is 0 Å². The normalized spacial score (nSPS) is 0. The molecular formula is CoCrFeMoNiTiW. The fourth-order valence-electron chi connectivity index (χ4n) is 0. The van der Waals surface area contributed by atoms with Gasteiger partial charge >= 0.3 is 0 Å². The van der Waals surface area contributed by atoms with E-state index in [9.17, 15) is 0 Å². The summed E-state index contributed by atoms with van der Waals surface area (Å²) in [6.45, 7) is 0. The molecule has 7 heteroatoms. The van der Waals surface area contributed by atoms with E-state index in [1.54, 1.807) is 0 Å². The fourth-order valence-corrected chi connectivity index (χ4v) is 0. The third kappa shape index (κ3) is 39.2. The Morgan fingerprint density at radius 3 is 1.00 bits per heavy atom. The Hall–Kier alpha value is 4.14. The van der Waals surface area contributed by atoms with Gasteiger partial charge in [-0.3, -0.25) is 0 Å². The van der Waals surface area contributed by atoms with Crippen molar-refractivity contribution in [3.63, 3.8) is 0 Å². The maximum absolute atomic E-state index is 0. The fraction of sp³-hybridized carbons (Fsp3) is 0. The van der Waals surface area contributed by atoms with Crippen LogP contribution in [0.15, 0.2) is 0 Å². The predicted octanol–water partition coefficient (Wildman–Crippen LogP) is -0.0175. The van der Waals surface area contributed by atoms with Crippen LogP contribution in [0, 0.1) is 0 Å². The molecule has 0 aliphatic rings. The second-order valence-corrected chi connectivity index (χ2v) is 0. The summed E-state index contributed by atoms with van der Waals surface area (Å²) < 4.78 is 0. The summed E-state index contributed by atoms with van der Waals surface area (Å²) in [6, 6.07) is 0. The first-order chi connectivity index (χ1) is 0. The summed E-state index contributed by atoms with van der Waals surface area (Å²) in [5, 5.41) is 0. The van der Waals surface area contributed by atoms with Crippen molar-refractivity contribution < 1.29 is 132 Å². The first kappa shape index (κ1) is 66.8. The second kappa shape index (κ2) is 49.4. The molecule has 0 unspecified atom stereocenters. The minimum absolute atomic E-state index is 0. The molecule has 0 aromatic heterocycles. The topological polar surface area (TPSA) is 0 Å². The Kier molecular flexibility index (Phi) is 471. The molecule has 0 saturated heterocycles. The standard InChI is InChI=1S/Co.Cr.Fe.Mo.Ni.Ti.W. The van der Waals surface area contributed by atoms with Crippen LogP contribution in [0.5, 0.6) is 0 Å². The van der Waals surface area contributed by atoms with Gasteiger partial charge in [-0.1, -0.05) is 0 Å².